The van der Waals surface area contributed by atoms with Crippen molar-refractivity contribution in [2.75, 3.05) is 34.4 Å². The van der Waals surface area contributed by atoms with E-state index in [0.717, 1.165) is 61.0 Å². The van der Waals surface area contributed by atoms with Crippen molar-refractivity contribution >= 4 is 80.5 Å². The van der Waals surface area contributed by atoms with E-state index in [1.807, 2.05) is 60.7 Å². The Kier molecular flexibility index (Phi) is 11.1. The van der Waals surface area contributed by atoms with Gasteiger partial charge in [-0.15, -0.1) is 0 Å². The highest BCUT2D eigenvalue weighted by Crippen LogP contribution is 2.47. The molecule has 0 saturated heterocycles. The second-order valence-corrected chi connectivity index (χ2v) is 23.2. The molecule has 0 amide bonds. The van der Waals surface area contributed by atoms with E-state index in [9.17, 15) is 0 Å². The number of nitrogens with zero attached hydrogens (tertiary/aromatic N) is 2. The van der Waals surface area contributed by atoms with Gasteiger partial charge in [-0.3, -0.25) is 0 Å². The number of hydrogen-bond acceptors (Lipinski definition) is 8. The van der Waals surface area contributed by atoms with Gasteiger partial charge in [-0.05, 0) is 134 Å². The minimum Gasteiger partial charge on any atom is -0.398 e. The summed E-state index contributed by atoms with van der Waals surface area (Å²) >= 11 is 0. The molecule has 358 valence electrons. The van der Waals surface area contributed by atoms with Gasteiger partial charge in [-0.25, -0.2) is 9.97 Å². The third-order valence-electron chi connectivity index (χ3n) is 13.7. The summed E-state index contributed by atoms with van der Waals surface area (Å²) in [5.41, 5.74) is 61.5. The summed E-state index contributed by atoms with van der Waals surface area (Å²) < 4.78 is 0. The standard InChI is InChI=1S/C60H68N10/c1-57(2,3)32-15-13-31(14-16-32)50-42-17-19-44(67-42)54(51-36(61)25-33(26-37(51)62)58(4,5)6)46-21-23-48(69-46)56(53-40(65)29-35(30-41(53)66)60(10,11)12)49-24-22-47(70-49)55(45-20-18-43(50)68-45)52-38(63)27-34(28-39(52)64)59(7,8)9/h13-30,67-68H,61-66H2,1-12H3. The maximum Gasteiger partial charge on any atom is 0.0739 e. The average Bonchev–Trinajstić information content (AvgIpc) is 4.10. The number of benzene rings is 4. The molecule has 4 aromatic carbocycles. The highest BCUT2D eigenvalue weighted by Gasteiger charge is 2.27. The number of nitrogen functional groups attached to an aromatic ring is 6. The Balaban J connectivity index is 1.50. The van der Waals surface area contributed by atoms with Crippen molar-refractivity contribution in [2.45, 2.75) is 105 Å². The molecule has 0 radical (unpaired) electrons. The Morgan fingerprint density at radius 3 is 0.843 bits per heavy atom. The summed E-state index contributed by atoms with van der Waals surface area (Å²) in [6, 6.07) is 29.2. The molecule has 0 saturated carbocycles. The number of H-pyrrole nitrogens is 2. The number of hydrogen-bond donors (Lipinski definition) is 8. The fraction of sp³-hybridized carbons (Fsp3) is 0.267. The van der Waals surface area contributed by atoms with Crippen LogP contribution in [0.4, 0.5) is 34.1 Å². The van der Waals surface area contributed by atoms with Gasteiger partial charge in [0.1, 0.15) is 0 Å². The third-order valence-corrected chi connectivity index (χ3v) is 13.7. The molecule has 10 heteroatoms. The molecule has 3 aromatic heterocycles. The molecular weight excluding hydrogens is 861 g/mol. The number of rotatable bonds is 4. The van der Waals surface area contributed by atoms with Crippen LogP contribution in [0.2, 0.25) is 0 Å². The Hall–Kier alpha value is -7.72. The lowest BCUT2D eigenvalue weighted by Crippen LogP contribution is -2.13. The lowest BCUT2D eigenvalue weighted by atomic mass is 9.84. The monoisotopic (exact) mass is 929 g/mol. The van der Waals surface area contributed by atoms with Crippen LogP contribution in [0, 0.1) is 0 Å². The van der Waals surface area contributed by atoms with Crippen molar-refractivity contribution in [2.24, 2.45) is 0 Å². The van der Waals surface area contributed by atoms with E-state index in [0.29, 0.717) is 79.2 Å². The van der Waals surface area contributed by atoms with E-state index in [-0.39, 0.29) is 21.7 Å². The van der Waals surface area contributed by atoms with Gasteiger partial charge in [0.05, 0.1) is 22.8 Å². The Morgan fingerprint density at radius 1 is 0.300 bits per heavy atom. The van der Waals surface area contributed by atoms with Crippen LogP contribution >= 0.6 is 0 Å². The summed E-state index contributed by atoms with van der Waals surface area (Å²) in [5.74, 6) is 0. The normalized spacial score (nSPS) is 13.1. The molecule has 0 aliphatic carbocycles. The molecule has 8 bridgehead atoms. The van der Waals surface area contributed by atoms with Gasteiger partial charge in [0.25, 0.3) is 0 Å². The summed E-state index contributed by atoms with van der Waals surface area (Å²) in [5, 5.41) is 0. The molecule has 2 aliphatic rings. The zero-order chi connectivity index (χ0) is 50.6. The topological polar surface area (TPSA) is 213 Å². The molecule has 2 aliphatic heterocycles. The predicted molar refractivity (Wildman–Crippen MR) is 302 cm³/mol. The van der Waals surface area contributed by atoms with Crippen molar-refractivity contribution in [1.82, 2.24) is 19.9 Å². The quantitative estimate of drug-likeness (QED) is 0.0793. The van der Waals surface area contributed by atoms with Gasteiger partial charge < -0.3 is 44.4 Å². The molecule has 7 aromatic rings. The fourth-order valence-corrected chi connectivity index (χ4v) is 9.66. The van der Waals surface area contributed by atoms with E-state index in [4.69, 9.17) is 44.4 Å². The van der Waals surface area contributed by atoms with E-state index < -0.39 is 0 Å². The van der Waals surface area contributed by atoms with Crippen LogP contribution in [0.5, 0.6) is 0 Å². The van der Waals surface area contributed by atoms with Gasteiger partial charge >= 0.3 is 0 Å². The third kappa shape index (κ3) is 8.46. The zero-order valence-corrected chi connectivity index (χ0v) is 42.8. The highest BCUT2D eigenvalue weighted by atomic mass is 14.8. The van der Waals surface area contributed by atoms with Crippen LogP contribution in [-0.4, -0.2) is 19.9 Å². The molecule has 14 N–H and O–H groups in total. The molecular formula is C60H68N10. The predicted octanol–water partition coefficient (Wildman–Crippen LogP) is 14.0. The lowest BCUT2D eigenvalue weighted by molar-refractivity contribution is 0.590. The SMILES string of the molecule is CC(C)(C)c1ccc(-c2c3ccc([nH]3)c(-c3c(N)cc(C(C)(C)C)cc3N)c3nc(c(-c4c(N)cc(C(C)(C)C)cc4N)c4nc(c(-c5c(N)cc(C(C)(C)C)cc5N)c5ccc2[nH]5)C=C4)C=C3)cc1. The van der Waals surface area contributed by atoms with Gasteiger partial charge in [-0.2, -0.15) is 0 Å². The molecule has 9 rings (SSSR count). The first-order chi connectivity index (χ1) is 32.7. The molecule has 0 unspecified atom stereocenters. The van der Waals surface area contributed by atoms with Crippen molar-refractivity contribution in [3.05, 3.63) is 130 Å². The number of nitrogens with two attached hydrogens (primary N) is 6. The maximum absolute atomic E-state index is 7.12. The maximum atomic E-state index is 7.12. The van der Waals surface area contributed by atoms with Gasteiger partial charge in [0.2, 0.25) is 0 Å². The van der Waals surface area contributed by atoms with Crippen molar-refractivity contribution in [3.63, 3.8) is 0 Å². The fourth-order valence-electron chi connectivity index (χ4n) is 9.66. The van der Waals surface area contributed by atoms with Gasteiger partial charge in [-0.1, -0.05) is 107 Å². The number of anilines is 6. The summed E-state index contributed by atoms with van der Waals surface area (Å²) in [6.07, 6.45) is 7.98. The number of aromatic nitrogens is 4. The number of nitrogens with one attached hydrogen (secondary N) is 2. The van der Waals surface area contributed by atoms with Crippen LogP contribution in [0.25, 0.3) is 90.9 Å². The first-order valence-electron chi connectivity index (χ1n) is 24.1. The van der Waals surface area contributed by atoms with Crippen LogP contribution in [0.3, 0.4) is 0 Å². The lowest BCUT2D eigenvalue weighted by Gasteiger charge is -2.22. The average molecular weight is 929 g/mol. The minimum absolute atomic E-state index is 0.0389. The number of fused-ring (bicyclic) bond motifs is 8. The van der Waals surface area contributed by atoms with Crippen molar-refractivity contribution in [3.8, 4) is 44.5 Å². The van der Waals surface area contributed by atoms with Crippen LogP contribution < -0.4 is 34.4 Å². The number of aromatic amines is 2. The van der Waals surface area contributed by atoms with E-state index in [2.05, 4.69) is 142 Å². The minimum atomic E-state index is -0.209. The van der Waals surface area contributed by atoms with Crippen LogP contribution in [-0.2, 0) is 21.7 Å². The molecule has 70 heavy (non-hydrogen) atoms. The smallest absolute Gasteiger partial charge is 0.0739 e. The summed E-state index contributed by atoms with van der Waals surface area (Å²) in [7, 11) is 0. The van der Waals surface area contributed by atoms with Gasteiger partial charge in [0, 0.05) is 95.1 Å². The summed E-state index contributed by atoms with van der Waals surface area (Å²) in [4.78, 5) is 18.6. The first-order valence-corrected chi connectivity index (χ1v) is 24.1. The van der Waals surface area contributed by atoms with Crippen LogP contribution in [0.15, 0.2) is 84.9 Å². The summed E-state index contributed by atoms with van der Waals surface area (Å²) in [6.45, 7) is 26.0. The van der Waals surface area contributed by atoms with Crippen molar-refractivity contribution in [1.29, 1.82) is 0 Å². The zero-order valence-electron chi connectivity index (χ0n) is 42.8. The van der Waals surface area contributed by atoms with Gasteiger partial charge in [0.15, 0.2) is 0 Å². The second kappa shape index (κ2) is 16.5. The molecule has 0 atom stereocenters. The van der Waals surface area contributed by atoms with Crippen LogP contribution in [0.1, 0.15) is 128 Å². The largest absolute Gasteiger partial charge is 0.398 e. The Bertz CT molecular complexity index is 3280. The molecule has 0 spiro atoms. The Labute approximate surface area is 412 Å². The highest BCUT2D eigenvalue weighted by molar-refractivity contribution is 6.06. The molecule has 0 fully saturated rings. The van der Waals surface area contributed by atoms with E-state index in [1.54, 1.807) is 0 Å². The Morgan fingerprint density at radius 2 is 0.557 bits per heavy atom. The first kappa shape index (κ1) is 47.4. The second-order valence-electron chi connectivity index (χ2n) is 23.2. The van der Waals surface area contributed by atoms with Crippen molar-refractivity contribution < 1.29 is 0 Å². The molecule has 5 heterocycles. The van der Waals surface area contributed by atoms with E-state index in [1.165, 1.54) is 5.56 Å². The van der Waals surface area contributed by atoms with E-state index >= 15 is 0 Å². The molecule has 10 nitrogen and oxygen atoms in total.